The van der Waals surface area contributed by atoms with Gasteiger partial charge < -0.3 is 4.74 Å². The molecule has 0 radical (unpaired) electrons. The van der Waals surface area contributed by atoms with Gasteiger partial charge in [0.1, 0.15) is 0 Å². The Hall–Kier alpha value is -0.0400. The summed E-state index contributed by atoms with van der Waals surface area (Å²) in [5.74, 6) is 3.07. The van der Waals surface area contributed by atoms with E-state index in [1.165, 1.54) is 128 Å². The van der Waals surface area contributed by atoms with Crippen molar-refractivity contribution in [1.82, 2.24) is 0 Å². The quantitative estimate of drug-likeness (QED) is 0.252. The van der Waals surface area contributed by atoms with E-state index in [9.17, 15) is 0 Å². The molecular weight excluding hydrogens is 340 g/mol. The van der Waals surface area contributed by atoms with Crippen molar-refractivity contribution in [2.75, 3.05) is 6.61 Å². The second-order valence-corrected chi connectivity index (χ2v) is 10.2. The lowest BCUT2D eigenvalue weighted by Crippen LogP contribution is -2.22. The van der Waals surface area contributed by atoms with Crippen LogP contribution in [0.3, 0.4) is 0 Å². The summed E-state index contributed by atoms with van der Waals surface area (Å²) in [5.41, 5.74) is 0. The maximum atomic E-state index is 6.25. The SMILES string of the molecule is CCCCCCC[C@H]1CC[C@H](CCCO[C@H]2CC[C@H](CCCCC)CC2)CC1. The molecule has 0 aromatic carbocycles. The van der Waals surface area contributed by atoms with Crippen LogP contribution < -0.4 is 0 Å². The Morgan fingerprint density at radius 3 is 1.50 bits per heavy atom. The zero-order valence-corrected chi connectivity index (χ0v) is 19.6. The minimum absolute atomic E-state index is 0.589. The molecule has 1 nitrogen and oxygen atoms in total. The fraction of sp³-hybridized carbons (Fsp3) is 1.00. The molecule has 0 amide bonds. The maximum Gasteiger partial charge on any atom is 0.0575 e. The summed E-state index contributed by atoms with van der Waals surface area (Å²) in [4.78, 5) is 0. The predicted octanol–water partition coefficient (Wildman–Crippen LogP) is 9.09. The lowest BCUT2D eigenvalue weighted by atomic mass is 9.78. The molecule has 166 valence electrons. The summed E-state index contributed by atoms with van der Waals surface area (Å²) < 4.78 is 6.25. The molecule has 0 unspecified atom stereocenters. The smallest absolute Gasteiger partial charge is 0.0575 e. The molecule has 0 heterocycles. The number of hydrogen-bond acceptors (Lipinski definition) is 1. The van der Waals surface area contributed by atoms with Crippen molar-refractivity contribution >= 4 is 0 Å². The van der Waals surface area contributed by atoms with E-state index in [1.807, 2.05) is 0 Å². The molecule has 28 heavy (non-hydrogen) atoms. The summed E-state index contributed by atoms with van der Waals surface area (Å²) in [7, 11) is 0. The highest BCUT2D eigenvalue weighted by molar-refractivity contribution is 4.74. The highest BCUT2D eigenvalue weighted by Crippen LogP contribution is 2.34. The van der Waals surface area contributed by atoms with Gasteiger partial charge in [0, 0.05) is 6.61 Å². The standard InChI is InChI=1S/C27H52O/c1-3-5-7-8-10-13-24-15-17-26(18-16-24)14-11-23-28-27-21-19-25(20-22-27)12-9-6-4-2/h24-27H,3-23H2,1-2H3/t24-,25-,26-,27-. The van der Waals surface area contributed by atoms with E-state index >= 15 is 0 Å². The third-order valence-corrected chi connectivity index (χ3v) is 7.80. The molecule has 0 aliphatic heterocycles. The van der Waals surface area contributed by atoms with Gasteiger partial charge >= 0.3 is 0 Å². The molecule has 0 aromatic heterocycles. The lowest BCUT2D eigenvalue weighted by Gasteiger charge is -2.30. The molecule has 0 N–H and O–H groups in total. The summed E-state index contributed by atoms with van der Waals surface area (Å²) in [6.45, 7) is 5.65. The minimum atomic E-state index is 0.589. The van der Waals surface area contributed by atoms with Gasteiger partial charge in [-0.1, -0.05) is 104 Å². The van der Waals surface area contributed by atoms with Crippen LogP contribution in [-0.2, 0) is 4.74 Å². The molecule has 0 aromatic rings. The minimum Gasteiger partial charge on any atom is -0.378 e. The molecule has 1 heteroatoms. The fourth-order valence-electron chi connectivity index (χ4n) is 5.74. The summed E-state index contributed by atoms with van der Waals surface area (Å²) in [6, 6.07) is 0. The van der Waals surface area contributed by atoms with Crippen LogP contribution in [0.2, 0.25) is 0 Å². The van der Waals surface area contributed by atoms with E-state index in [4.69, 9.17) is 4.74 Å². The molecule has 0 saturated heterocycles. The third kappa shape index (κ3) is 10.7. The lowest BCUT2D eigenvalue weighted by molar-refractivity contribution is 0.0131. The van der Waals surface area contributed by atoms with Gasteiger partial charge in [-0.05, 0) is 56.3 Å². The van der Waals surface area contributed by atoms with Crippen LogP contribution in [0.1, 0.15) is 142 Å². The first-order chi connectivity index (χ1) is 13.8. The molecular formula is C27H52O. The highest BCUT2D eigenvalue weighted by atomic mass is 16.5. The molecule has 2 fully saturated rings. The Balaban J connectivity index is 1.41. The predicted molar refractivity (Wildman–Crippen MR) is 124 cm³/mol. The van der Waals surface area contributed by atoms with Crippen LogP contribution in [0.15, 0.2) is 0 Å². The van der Waals surface area contributed by atoms with Gasteiger partial charge in [-0.25, -0.2) is 0 Å². The molecule has 0 spiro atoms. The fourth-order valence-corrected chi connectivity index (χ4v) is 5.74. The van der Waals surface area contributed by atoms with Crippen LogP contribution in [0, 0.1) is 17.8 Å². The Morgan fingerprint density at radius 1 is 0.500 bits per heavy atom. The topological polar surface area (TPSA) is 9.23 Å². The van der Waals surface area contributed by atoms with Gasteiger partial charge in [-0.15, -0.1) is 0 Å². The van der Waals surface area contributed by atoms with Gasteiger partial charge in [0.15, 0.2) is 0 Å². The Kier molecular flexibility index (Phi) is 13.6. The first kappa shape index (κ1) is 24.2. The zero-order chi connectivity index (χ0) is 19.9. The number of unbranched alkanes of at least 4 members (excludes halogenated alkanes) is 6. The zero-order valence-electron chi connectivity index (χ0n) is 19.6. The van der Waals surface area contributed by atoms with Crippen LogP contribution in [-0.4, -0.2) is 12.7 Å². The van der Waals surface area contributed by atoms with Crippen LogP contribution in [0.4, 0.5) is 0 Å². The Bertz CT molecular complexity index is 336. The Labute approximate surface area is 177 Å². The largest absolute Gasteiger partial charge is 0.378 e. The van der Waals surface area contributed by atoms with Crippen molar-refractivity contribution in [1.29, 1.82) is 0 Å². The number of hydrogen-bond donors (Lipinski definition) is 0. The van der Waals surface area contributed by atoms with Gasteiger partial charge in [0.05, 0.1) is 6.10 Å². The van der Waals surface area contributed by atoms with Gasteiger partial charge in [0.2, 0.25) is 0 Å². The van der Waals surface area contributed by atoms with Crippen molar-refractivity contribution in [2.24, 2.45) is 17.8 Å². The monoisotopic (exact) mass is 392 g/mol. The summed E-state index contributed by atoms with van der Waals surface area (Å²) in [6.07, 6.45) is 29.4. The second kappa shape index (κ2) is 15.8. The second-order valence-electron chi connectivity index (χ2n) is 10.2. The molecule has 2 aliphatic rings. The summed E-state index contributed by atoms with van der Waals surface area (Å²) >= 11 is 0. The van der Waals surface area contributed by atoms with Crippen LogP contribution in [0.5, 0.6) is 0 Å². The first-order valence-corrected chi connectivity index (χ1v) is 13.4. The van der Waals surface area contributed by atoms with Gasteiger partial charge in [0.25, 0.3) is 0 Å². The molecule has 0 atom stereocenters. The van der Waals surface area contributed by atoms with Crippen LogP contribution >= 0.6 is 0 Å². The molecule has 2 saturated carbocycles. The normalized spacial score (nSPS) is 28.5. The first-order valence-electron chi connectivity index (χ1n) is 13.4. The maximum absolute atomic E-state index is 6.25. The van der Waals surface area contributed by atoms with Crippen molar-refractivity contribution in [3.63, 3.8) is 0 Å². The third-order valence-electron chi connectivity index (χ3n) is 7.80. The van der Waals surface area contributed by atoms with E-state index in [0.717, 1.165) is 24.4 Å². The molecule has 0 bridgehead atoms. The molecule has 2 rings (SSSR count). The van der Waals surface area contributed by atoms with Crippen molar-refractivity contribution < 1.29 is 4.74 Å². The number of ether oxygens (including phenoxy) is 1. The van der Waals surface area contributed by atoms with E-state index in [1.54, 1.807) is 0 Å². The van der Waals surface area contributed by atoms with E-state index < -0.39 is 0 Å². The summed E-state index contributed by atoms with van der Waals surface area (Å²) in [5, 5.41) is 0. The highest BCUT2D eigenvalue weighted by Gasteiger charge is 2.22. The molecule has 2 aliphatic carbocycles. The van der Waals surface area contributed by atoms with Crippen molar-refractivity contribution in [3.05, 3.63) is 0 Å². The number of rotatable bonds is 15. The van der Waals surface area contributed by atoms with Crippen molar-refractivity contribution in [3.8, 4) is 0 Å². The van der Waals surface area contributed by atoms with E-state index in [-0.39, 0.29) is 0 Å². The van der Waals surface area contributed by atoms with Gasteiger partial charge in [-0.3, -0.25) is 0 Å². The average Bonchev–Trinajstić information content (AvgIpc) is 2.73. The van der Waals surface area contributed by atoms with Crippen LogP contribution in [0.25, 0.3) is 0 Å². The van der Waals surface area contributed by atoms with Gasteiger partial charge in [-0.2, -0.15) is 0 Å². The Morgan fingerprint density at radius 2 is 0.929 bits per heavy atom. The van der Waals surface area contributed by atoms with Crippen molar-refractivity contribution in [2.45, 2.75) is 148 Å². The van der Waals surface area contributed by atoms with E-state index in [2.05, 4.69) is 13.8 Å². The average molecular weight is 393 g/mol. The van der Waals surface area contributed by atoms with E-state index in [0.29, 0.717) is 6.10 Å².